The number of rotatable bonds is 3. The number of hydrogen-bond donors (Lipinski definition) is 1. The molecule has 0 bridgehead atoms. The largest absolute Gasteiger partial charge is 0.481 e. The molecule has 1 heterocycles. The van der Waals surface area contributed by atoms with Gasteiger partial charge in [0.05, 0.1) is 10.8 Å². The molecule has 112 valence electrons. The van der Waals surface area contributed by atoms with Gasteiger partial charge in [0.15, 0.2) is 0 Å². The zero-order chi connectivity index (χ0) is 15.6. The maximum Gasteiger partial charge on any atom is 0.308 e. The van der Waals surface area contributed by atoms with Crippen LogP contribution < -0.4 is 0 Å². The number of non-ortho nitro benzene ring substituents is 1. The Bertz CT molecular complexity index is 604. The lowest BCUT2D eigenvalue weighted by Crippen LogP contribution is -2.42. The normalized spacial score (nSPS) is 18.3. The molecule has 1 aliphatic heterocycles. The van der Waals surface area contributed by atoms with Gasteiger partial charge in [0.2, 0.25) is 0 Å². The van der Waals surface area contributed by atoms with Crippen LogP contribution in [0, 0.1) is 16.0 Å². The number of carbonyl (C=O) groups excluding carboxylic acids is 1. The predicted octanol–water partition coefficient (Wildman–Crippen LogP) is 2.29. The molecule has 21 heavy (non-hydrogen) atoms. The molecule has 2 rings (SSSR count). The molecule has 8 heteroatoms. The van der Waals surface area contributed by atoms with Crippen LogP contribution in [0.15, 0.2) is 22.7 Å². The van der Waals surface area contributed by atoms with Crippen LogP contribution >= 0.6 is 15.9 Å². The Morgan fingerprint density at radius 1 is 1.38 bits per heavy atom. The van der Waals surface area contributed by atoms with Crippen molar-refractivity contribution in [2.24, 2.45) is 5.92 Å². The summed E-state index contributed by atoms with van der Waals surface area (Å²) in [5.74, 6) is -1.89. The quantitative estimate of drug-likeness (QED) is 0.661. The summed E-state index contributed by atoms with van der Waals surface area (Å²) in [6, 6.07) is 4.02. The molecular formula is C13H13BrN2O5. The van der Waals surface area contributed by atoms with Crippen LogP contribution in [0.2, 0.25) is 0 Å². The number of carbonyl (C=O) groups is 2. The average Bonchev–Trinajstić information content (AvgIpc) is 2.45. The molecule has 7 nitrogen and oxygen atoms in total. The molecule has 1 fully saturated rings. The van der Waals surface area contributed by atoms with Crippen LogP contribution in [0.3, 0.4) is 0 Å². The van der Waals surface area contributed by atoms with Gasteiger partial charge in [-0.3, -0.25) is 19.7 Å². The van der Waals surface area contributed by atoms with Gasteiger partial charge >= 0.3 is 5.97 Å². The molecule has 0 aromatic heterocycles. The summed E-state index contributed by atoms with van der Waals surface area (Å²) >= 11 is 3.14. The minimum atomic E-state index is -0.923. The fraction of sp³-hybridized carbons (Fsp3) is 0.385. The number of carboxylic acid groups (broad SMARTS) is 1. The van der Waals surface area contributed by atoms with E-state index in [4.69, 9.17) is 5.11 Å². The van der Waals surface area contributed by atoms with Gasteiger partial charge in [-0.15, -0.1) is 0 Å². The summed E-state index contributed by atoms with van der Waals surface area (Å²) in [4.78, 5) is 35.1. The number of nitrogens with zero attached hydrogens (tertiary/aromatic N) is 2. The monoisotopic (exact) mass is 356 g/mol. The number of amides is 1. The topological polar surface area (TPSA) is 101 Å². The lowest BCUT2D eigenvalue weighted by Gasteiger charge is -2.30. The van der Waals surface area contributed by atoms with E-state index in [2.05, 4.69) is 15.9 Å². The number of nitro groups is 1. The van der Waals surface area contributed by atoms with Gasteiger partial charge in [0.25, 0.3) is 11.6 Å². The second-order valence-corrected chi connectivity index (χ2v) is 5.80. The van der Waals surface area contributed by atoms with E-state index in [1.54, 1.807) is 0 Å². The van der Waals surface area contributed by atoms with E-state index in [1.165, 1.54) is 23.1 Å². The highest BCUT2D eigenvalue weighted by molar-refractivity contribution is 9.10. The van der Waals surface area contributed by atoms with Crippen molar-refractivity contribution in [3.63, 3.8) is 0 Å². The number of hydrogen-bond acceptors (Lipinski definition) is 4. The van der Waals surface area contributed by atoms with Crippen LogP contribution in [0.4, 0.5) is 5.69 Å². The standard InChI is InChI=1S/C13H13BrN2O5/c14-10-4-9(5-11(6-10)16(20)21)12(17)15-3-1-2-8(7-15)13(18)19/h4-6,8H,1-3,7H2,(H,18,19)/t8-/m0/s1. The van der Waals surface area contributed by atoms with E-state index in [9.17, 15) is 19.7 Å². The third-order valence-electron chi connectivity index (χ3n) is 3.40. The Morgan fingerprint density at radius 3 is 2.71 bits per heavy atom. The average molecular weight is 357 g/mol. The van der Waals surface area contributed by atoms with Crippen LogP contribution in [-0.2, 0) is 4.79 Å². The van der Waals surface area contributed by atoms with Crippen molar-refractivity contribution < 1.29 is 19.6 Å². The van der Waals surface area contributed by atoms with Gasteiger partial charge in [0, 0.05) is 35.3 Å². The minimum absolute atomic E-state index is 0.133. The first-order chi connectivity index (χ1) is 9.88. The molecule has 0 radical (unpaired) electrons. The highest BCUT2D eigenvalue weighted by Crippen LogP contribution is 2.24. The van der Waals surface area contributed by atoms with Gasteiger partial charge in [0.1, 0.15) is 0 Å². The molecule has 1 saturated heterocycles. The Morgan fingerprint density at radius 2 is 2.10 bits per heavy atom. The van der Waals surface area contributed by atoms with Gasteiger partial charge in [-0.25, -0.2) is 0 Å². The third-order valence-corrected chi connectivity index (χ3v) is 3.86. The Kier molecular flexibility index (Phi) is 4.56. The third kappa shape index (κ3) is 3.57. The molecule has 1 aromatic rings. The van der Waals surface area contributed by atoms with Crippen molar-refractivity contribution >= 4 is 33.5 Å². The number of halogens is 1. The summed E-state index contributed by atoms with van der Waals surface area (Å²) in [6.45, 7) is 0.595. The van der Waals surface area contributed by atoms with E-state index in [0.717, 1.165) is 0 Å². The SMILES string of the molecule is O=C(O)[C@H]1CCCN(C(=O)c2cc(Br)cc([N+](=O)[O-])c2)C1. The number of aliphatic carboxylic acids is 1. The number of piperidine rings is 1. The van der Waals surface area contributed by atoms with E-state index in [1.807, 2.05) is 0 Å². The molecule has 1 aromatic carbocycles. The first-order valence-corrected chi connectivity index (χ1v) is 7.15. The van der Waals surface area contributed by atoms with Crippen molar-refractivity contribution in [3.05, 3.63) is 38.3 Å². The van der Waals surface area contributed by atoms with Crippen LogP contribution in [0.5, 0.6) is 0 Å². The van der Waals surface area contributed by atoms with E-state index < -0.39 is 16.8 Å². The zero-order valence-electron chi connectivity index (χ0n) is 11.0. The molecule has 0 aliphatic carbocycles. The van der Waals surface area contributed by atoms with Crippen molar-refractivity contribution in [1.82, 2.24) is 4.90 Å². The summed E-state index contributed by atoms with van der Waals surface area (Å²) in [5, 5.41) is 19.9. The molecule has 1 atom stereocenters. The fourth-order valence-electron chi connectivity index (χ4n) is 2.35. The lowest BCUT2D eigenvalue weighted by molar-refractivity contribution is -0.385. The molecule has 0 unspecified atom stereocenters. The molecular weight excluding hydrogens is 344 g/mol. The molecule has 0 spiro atoms. The lowest BCUT2D eigenvalue weighted by atomic mass is 9.97. The highest BCUT2D eigenvalue weighted by Gasteiger charge is 2.29. The van der Waals surface area contributed by atoms with Crippen molar-refractivity contribution in [2.45, 2.75) is 12.8 Å². The highest BCUT2D eigenvalue weighted by atomic mass is 79.9. The molecule has 1 N–H and O–H groups in total. The first-order valence-electron chi connectivity index (χ1n) is 6.35. The van der Waals surface area contributed by atoms with Gasteiger partial charge in [-0.05, 0) is 18.9 Å². The number of likely N-dealkylation sites (tertiary alicyclic amines) is 1. The van der Waals surface area contributed by atoms with Gasteiger partial charge < -0.3 is 10.0 Å². The summed E-state index contributed by atoms with van der Waals surface area (Å²) in [6.07, 6.45) is 1.15. The minimum Gasteiger partial charge on any atom is -0.481 e. The number of benzene rings is 1. The van der Waals surface area contributed by atoms with Crippen molar-refractivity contribution in [1.29, 1.82) is 0 Å². The summed E-state index contributed by atoms with van der Waals surface area (Å²) < 4.78 is 0.437. The van der Waals surface area contributed by atoms with Crippen LogP contribution in [0.1, 0.15) is 23.2 Å². The smallest absolute Gasteiger partial charge is 0.308 e. The maximum absolute atomic E-state index is 12.4. The second kappa shape index (κ2) is 6.21. The Hall–Kier alpha value is -1.96. The van der Waals surface area contributed by atoms with E-state index >= 15 is 0 Å². The van der Waals surface area contributed by atoms with Gasteiger partial charge in [-0.2, -0.15) is 0 Å². The fourth-order valence-corrected chi connectivity index (χ4v) is 2.83. The number of carboxylic acids is 1. The Labute approximate surface area is 128 Å². The number of nitro benzene ring substituents is 1. The molecule has 0 saturated carbocycles. The van der Waals surface area contributed by atoms with E-state index in [-0.39, 0.29) is 23.7 Å². The van der Waals surface area contributed by atoms with Gasteiger partial charge in [-0.1, -0.05) is 15.9 Å². The maximum atomic E-state index is 12.4. The summed E-state index contributed by atoms with van der Waals surface area (Å²) in [7, 11) is 0. The Balaban J connectivity index is 2.23. The second-order valence-electron chi connectivity index (χ2n) is 4.88. The predicted molar refractivity (Wildman–Crippen MR) is 77.1 cm³/mol. The first kappa shape index (κ1) is 15.4. The summed E-state index contributed by atoms with van der Waals surface area (Å²) in [5.41, 5.74) is 0.00151. The van der Waals surface area contributed by atoms with Crippen molar-refractivity contribution in [3.8, 4) is 0 Å². The van der Waals surface area contributed by atoms with Crippen molar-refractivity contribution in [2.75, 3.05) is 13.1 Å². The zero-order valence-corrected chi connectivity index (χ0v) is 12.6. The molecule has 1 aliphatic rings. The van der Waals surface area contributed by atoms with Crippen LogP contribution in [-0.4, -0.2) is 39.9 Å². The van der Waals surface area contributed by atoms with Crippen LogP contribution in [0.25, 0.3) is 0 Å². The van der Waals surface area contributed by atoms with E-state index in [0.29, 0.717) is 23.9 Å². The molecule has 1 amide bonds.